The quantitative estimate of drug-likeness (QED) is 0.915. The van der Waals surface area contributed by atoms with Gasteiger partial charge in [0.25, 0.3) is 0 Å². The second-order valence-corrected chi connectivity index (χ2v) is 7.23. The molecule has 0 saturated carbocycles. The summed E-state index contributed by atoms with van der Waals surface area (Å²) in [5.74, 6) is 2.31. The van der Waals surface area contributed by atoms with Crippen LogP contribution in [0.15, 0.2) is 30.3 Å². The summed E-state index contributed by atoms with van der Waals surface area (Å²) in [7, 11) is 1.69. The van der Waals surface area contributed by atoms with Crippen molar-refractivity contribution in [2.24, 2.45) is 0 Å². The molecule has 1 aliphatic rings. The zero-order valence-corrected chi connectivity index (χ0v) is 14.4. The minimum absolute atomic E-state index is 0.0801. The Morgan fingerprint density at radius 1 is 1.22 bits per heavy atom. The molecule has 23 heavy (non-hydrogen) atoms. The van der Waals surface area contributed by atoms with E-state index < -0.39 is 0 Å². The molecule has 4 heteroatoms. The van der Waals surface area contributed by atoms with Crippen LogP contribution in [0.3, 0.4) is 0 Å². The lowest BCUT2D eigenvalue weighted by molar-refractivity contribution is 0.181. The highest BCUT2D eigenvalue weighted by Crippen LogP contribution is 2.34. The molecule has 0 bridgehead atoms. The molecule has 0 fully saturated rings. The molecule has 0 amide bonds. The second kappa shape index (κ2) is 6.28. The van der Waals surface area contributed by atoms with Gasteiger partial charge >= 0.3 is 0 Å². The number of rotatable bonds is 5. The number of benzene rings is 1. The highest BCUT2D eigenvalue weighted by atomic mass is 16.5. The molecule has 2 aromatic rings. The largest absolute Gasteiger partial charge is 0.378 e. The van der Waals surface area contributed by atoms with E-state index in [0.29, 0.717) is 12.5 Å². The van der Waals surface area contributed by atoms with Gasteiger partial charge in [0.05, 0.1) is 12.3 Å². The fourth-order valence-electron chi connectivity index (χ4n) is 2.92. The van der Waals surface area contributed by atoms with Crippen LogP contribution in [0.4, 0.5) is 5.82 Å². The van der Waals surface area contributed by atoms with Crippen molar-refractivity contribution in [3.63, 3.8) is 0 Å². The first kappa shape index (κ1) is 15.9. The van der Waals surface area contributed by atoms with Crippen LogP contribution in [0.2, 0.25) is 0 Å². The van der Waals surface area contributed by atoms with Crippen molar-refractivity contribution in [3.8, 4) is 0 Å². The van der Waals surface area contributed by atoms with E-state index in [1.807, 2.05) is 6.07 Å². The van der Waals surface area contributed by atoms with Crippen LogP contribution in [0.5, 0.6) is 0 Å². The predicted molar refractivity (Wildman–Crippen MR) is 92.8 cm³/mol. The Hall–Kier alpha value is -1.94. The maximum absolute atomic E-state index is 5.24. The molecule has 1 aliphatic carbocycles. The van der Waals surface area contributed by atoms with Crippen LogP contribution in [0.25, 0.3) is 0 Å². The van der Waals surface area contributed by atoms with Crippen molar-refractivity contribution in [2.75, 3.05) is 19.0 Å². The van der Waals surface area contributed by atoms with Gasteiger partial charge in [0.15, 0.2) is 0 Å². The summed E-state index contributed by atoms with van der Waals surface area (Å²) in [6, 6.07) is 10.7. The van der Waals surface area contributed by atoms with Gasteiger partial charge in [-0.25, -0.2) is 9.97 Å². The third-order valence-corrected chi connectivity index (χ3v) is 4.23. The first-order valence-corrected chi connectivity index (χ1v) is 8.16. The van der Waals surface area contributed by atoms with Gasteiger partial charge in [-0.1, -0.05) is 45.0 Å². The SMILES string of the molecule is COCc1cc(NCC2Cc3ccccc32)nc(C(C)(C)C)n1. The summed E-state index contributed by atoms with van der Waals surface area (Å²) < 4.78 is 5.24. The topological polar surface area (TPSA) is 47.0 Å². The average Bonchev–Trinajstić information content (AvgIpc) is 2.47. The van der Waals surface area contributed by atoms with Crippen molar-refractivity contribution in [1.82, 2.24) is 9.97 Å². The number of ether oxygens (including phenoxy) is 1. The Morgan fingerprint density at radius 3 is 2.70 bits per heavy atom. The van der Waals surface area contributed by atoms with Crippen LogP contribution in [0.1, 0.15) is 49.3 Å². The van der Waals surface area contributed by atoms with Gasteiger partial charge in [-0.15, -0.1) is 0 Å². The zero-order chi connectivity index (χ0) is 16.4. The maximum atomic E-state index is 5.24. The van der Waals surface area contributed by atoms with Crippen LogP contribution in [-0.2, 0) is 23.2 Å². The fourth-order valence-corrected chi connectivity index (χ4v) is 2.92. The standard InChI is InChI=1S/C19H25N3O/c1-19(2,3)18-21-15(12-23-4)10-17(22-18)20-11-14-9-13-7-5-6-8-16(13)14/h5-8,10,14H,9,11-12H2,1-4H3,(H,20,21,22). The first-order valence-electron chi connectivity index (χ1n) is 8.16. The van der Waals surface area contributed by atoms with E-state index in [1.165, 1.54) is 11.1 Å². The van der Waals surface area contributed by atoms with Crippen molar-refractivity contribution in [1.29, 1.82) is 0 Å². The minimum atomic E-state index is -0.0801. The molecule has 1 heterocycles. The molecule has 1 aromatic carbocycles. The van der Waals surface area contributed by atoms with Gasteiger partial charge in [0.1, 0.15) is 11.6 Å². The van der Waals surface area contributed by atoms with Crippen molar-refractivity contribution in [2.45, 2.75) is 45.1 Å². The molecule has 4 nitrogen and oxygen atoms in total. The number of fused-ring (bicyclic) bond motifs is 1. The van der Waals surface area contributed by atoms with Crippen LogP contribution < -0.4 is 5.32 Å². The molecule has 1 atom stereocenters. The molecule has 1 aromatic heterocycles. The molecule has 3 rings (SSSR count). The van der Waals surface area contributed by atoms with Gasteiger partial charge in [0, 0.05) is 31.1 Å². The second-order valence-electron chi connectivity index (χ2n) is 7.23. The highest BCUT2D eigenvalue weighted by Gasteiger charge is 2.25. The number of hydrogen-bond acceptors (Lipinski definition) is 4. The number of hydrogen-bond donors (Lipinski definition) is 1. The van der Waals surface area contributed by atoms with E-state index >= 15 is 0 Å². The summed E-state index contributed by atoms with van der Waals surface area (Å²) >= 11 is 0. The van der Waals surface area contributed by atoms with E-state index in [1.54, 1.807) is 7.11 Å². The number of nitrogens with zero attached hydrogens (tertiary/aromatic N) is 2. The third-order valence-electron chi connectivity index (χ3n) is 4.23. The lowest BCUT2D eigenvalue weighted by atomic mass is 9.77. The Balaban J connectivity index is 1.74. The summed E-state index contributed by atoms with van der Waals surface area (Å²) in [6.07, 6.45) is 1.14. The van der Waals surface area contributed by atoms with E-state index in [4.69, 9.17) is 9.72 Å². The molecule has 0 spiro atoms. The molecule has 122 valence electrons. The molecule has 0 saturated heterocycles. The summed E-state index contributed by atoms with van der Waals surface area (Å²) in [4.78, 5) is 9.31. The third kappa shape index (κ3) is 3.53. The van der Waals surface area contributed by atoms with E-state index in [-0.39, 0.29) is 5.41 Å². The Bertz CT molecular complexity index is 691. The van der Waals surface area contributed by atoms with E-state index in [2.05, 4.69) is 55.3 Å². The number of nitrogens with one attached hydrogen (secondary N) is 1. The van der Waals surface area contributed by atoms with Crippen LogP contribution in [0, 0.1) is 0 Å². The van der Waals surface area contributed by atoms with Gasteiger partial charge in [-0.3, -0.25) is 0 Å². The van der Waals surface area contributed by atoms with Crippen molar-refractivity contribution in [3.05, 3.63) is 53.0 Å². The van der Waals surface area contributed by atoms with Crippen LogP contribution >= 0.6 is 0 Å². The van der Waals surface area contributed by atoms with Gasteiger partial charge in [0.2, 0.25) is 0 Å². The smallest absolute Gasteiger partial charge is 0.136 e. The van der Waals surface area contributed by atoms with Crippen LogP contribution in [-0.4, -0.2) is 23.6 Å². The normalized spacial score (nSPS) is 16.6. The average molecular weight is 311 g/mol. The van der Waals surface area contributed by atoms with E-state index in [0.717, 1.165) is 30.3 Å². The molecule has 1 N–H and O–H groups in total. The van der Waals surface area contributed by atoms with Crippen molar-refractivity contribution < 1.29 is 4.74 Å². The number of anilines is 1. The summed E-state index contributed by atoms with van der Waals surface area (Å²) in [6.45, 7) is 7.80. The van der Waals surface area contributed by atoms with E-state index in [9.17, 15) is 0 Å². The minimum Gasteiger partial charge on any atom is -0.378 e. The molecule has 0 radical (unpaired) electrons. The summed E-state index contributed by atoms with van der Waals surface area (Å²) in [5, 5.41) is 3.49. The lowest BCUT2D eigenvalue weighted by Gasteiger charge is -2.30. The van der Waals surface area contributed by atoms with Crippen molar-refractivity contribution >= 4 is 5.82 Å². The zero-order valence-electron chi connectivity index (χ0n) is 14.4. The van der Waals surface area contributed by atoms with Gasteiger partial charge in [-0.2, -0.15) is 0 Å². The molecule has 0 aliphatic heterocycles. The molecular formula is C19H25N3O. The summed E-state index contributed by atoms with van der Waals surface area (Å²) in [5.41, 5.74) is 3.77. The monoisotopic (exact) mass is 311 g/mol. The fraction of sp³-hybridized carbons (Fsp3) is 0.474. The number of methoxy groups -OCH3 is 1. The lowest BCUT2D eigenvalue weighted by Crippen LogP contribution is -2.25. The van der Waals surface area contributed by atoms with Gasteiger partial charge in [-0.05, 0) is 17.5 Å². The van der Waals surface area contributed by atoms with Gasteiger partial charge < -0.3 is 10.1 Å². The predicted octanol–water partition coefficient (Wildman–Crippen LogP) is 3.67. The Labute approximate surface area is 138 Å². The Kier molecular flexibility index (Phi) is 4.35. The number of aromatic nitrogens is 2. The maximum Gasteiger partial charge on any atom is 0.136 e. The first-order chi connectivity index (χ1) is 11.0. The molecule has 1 unspecified atom stereocenters. The molecular weight excluding hydrogens is 286 g/mol. The highest BCUT2D eigenvalue weighted by molar-refractivity contribution is 5.43. The Morgan fingerprint density at radius 2 is 2.00 bits per heavy atom.